The van der Waals surface area contributed by atoms with E-state index in [9.17, 15) is 9.90 Å². The molecule has 1 heterocycles. The van der Waals surface area contributed by atoms with E-state index < -0.39 is 0 Å². The fourth-order valence-electron chi connectivity index (χ4n) is 2.86. The number of hydrogen-bond donors (Lipinski definition) is 1. The van der Waals surface area contributed by atoms with Gasteiger partial charge in [-0.3, -0.25) is 9.69 Å². The van der Waals surface area contributed by atoms with Crippen LogP contribution in [0.2, 0.25) is 0 Å². The van der Waals surface area contributed by atoms with E-state index in [2.05, 4.69) is 6.58 Å². The monoisotopic (exact) mass is 309 g/mol. The third-order valence-electron chi connectivity index (χ3n) is 4.23. The smallest absolute Gasteiger partial charge is 0.257 e. The molecule has 0 aliphatic carbocycles. The number of benzene rings is 2. The van der Waals surface area contributed by atoms with Crippen LogP contribution in [0.25, 0.3) is 0 Å². The standard InChI is InChI=1S/C19H19NO3/c1-11-5-8-15(17(9-11)23-4)20-18(13(3)19(20)22)14-7-6-12(2)16(21)10-14/h5-10,18,21H,3H2,1-2,4H3/t18-/m1/s1. The minimum absolute atomic E-state index is 0.128. The van der Waals surface area contributed by atoms with Crippen molar-refractivity contribution < 1.29 is 14.6 Å². The van der Waals surface area contributed by atoms with Crippen LogP contribution in [-0.4, -0.2) is 18.1 Å². The summed E-state index contributed by atoms with van der Waals surface area (Å²) in [6.45, 7) is 7.69. The van der Waals surface area contributed by atoms with Crippen molar-refractivity contribution in [3.63, 3.8) is 0 Å². The summed E-state index contributed by atoms with van der Waals surface area (Å²) in [4.78, 5) is 14.0. The van der Waals surface area contributed by atoms with Crippen molar-refractivity contribution in [3.8, 4) is 11.5 Å². The van der Waals surface area contributed by atoms with Gasteiger partial charge in [0.1, 0.15) is 11.5 Å². The quantitative estimate of drug-likeness (QED) is 0.695. The number of phenols is 1. The predicted octanol–water partition coefficient (Wildman–Crippen LogP) is 3.66. The summed E-state index contributed by atoms with van der Waals surface area (Å²) in [6, 6.07) is 10.9. The first-order valence-electron chi connectivity index (χ1n) is 7.40. The molecule has 0 radical (unpaired) electrons. The summed E-state index contributed by atoms with van der Waals surface area (Å²) >= 11 is 0. The Hall–Kier alpha value is -2.75. The lowest BCUT2D eigenvalue weighted by atomic mass is 9.87. The Kier molecular flexibility index (Phi) is 3.60. The summed E-state index contributed by atoms with van der Waals surface area (Å²) in [5, 5.41) is 9.96. The van der Waals surface area contributed by atoms with Crippen LogP contribution in [-0.2, 0) is 4.79 Å². The highest BCUT2D eigenvalue weighted by molar-refractivity contribution is 6.15. The Labute approximate surface area is 135 Å². The Morgan fingerprint density at radius 2 is 1.91 bits per heavy atom. The van der Waals surface area contributed by atoms with E-state index in [-0.39, 0.29) is 17.7 Å². The van der Waals surface area contributed by atoms with Gasteiger partial charge in [-0.15, -0.1) is 0 Å². The van der Waals surface area contributed by atoms with Gasteiger partial charge in [0.2, 0.25) is 0 Å². The molecule has 1 fully saturated rings. The summed E-state index contributed by atoms with van der Waals surface area (Å²) < 4.78 is 5.42. The average molecular weight is 309 g/mol. The van der Waals surface area contributed by atoms with Gasteiger partial charge in [0, 0.05) is 5.57 Å². The number of nitrogens with zero attached hydrogens (tertiary/aromatic N) is 1. The topological polar surface area (TPSA) is 49.8 Å². The lowest BCUT2D eigenvalue weighted by Crippen LogP contribution is -2.49. The van der Waals surface area contributed by atoms with Crippen LogP contribution in [0.15, 0.2) is 48.6 Å². The molecule has 1 aliphatic rings. The summed E-state index contributed by atoms with van der Waals surface area (Å²) in [5.74, 6) is 0.731. The van der Waals surface area contributed by atoms with Gasteiger partial charge in [0.05, 0.1) is 18.8 Å². The number of amides is 1. The Balaban J connectivity index is 2.06. The molecule has 2 aromatic carbocycles. The number of anilines is 1. The van der Waals surface area contributed by atoms with Crippen molar-refractivity contribution in [2.75, 3.05) is 12.0 Å². The van der Waals surface area contributed by atoms with E-state index in [4.69, 9.17) is 4.74 Å². The first-order valence-corrected chi connectivity index (χ1v) is 7.40. The number of methoxy groups -OCH3 is 1. The molecule has 4 heteroatoms. The molecule has 23 heavy (non-hydrogen) atoms. The van der Waals surface area contributed by atoms with E-state index in [0.717, 1.165) is 16.7 Å². The number of rotatable bonds is 3. The maximum absolute atomic E-state index is 12.4. The highest BCUT2D eigenvalue weighted by Gasteiger charge is 2.43. The summed E-state index contributed by atoms with van der Waals surface area (Å²) in [6.07, 6.45) is 0. The molecule has 0 aromatic heterocycles. The van der Waals surface area contributed by atoms with Crippen LogP contribution in [0.4, 0.5) is 5.69 Å². The lowest BCUT2D eigenvalue weighted by Gasteiger charge is -2.43. The van der Waals surface area contributed by atoms with Crippen molar-refractivity contribution in [1.82, 2.24) is 0 Å². The molecule has 118 valence electrons. The van der Waals surface area contributed by atoms with E-state index >= 15 is 0 Å². The van der Waals surface area contributed by atoms with Crippen LogP contribution in [0, 0.1) is 13.8 Å². The zero-order valence-electron chi connectivity index (χ0n) is 13.5. The second-order valence-corrected chi connectivity index (χ2v) is 5.82. The van der Waals surface area contributed by atoms with Crippen LogP contribution >= 0.6 is 0 Å². The molecular formula is C19H19NO3. The molecule has 0 spiro atoms. The summed E-state index contributed by atoms with van der Waals surface area (Å²) in [5.41, 5.74) is 3.91. The number of hydrogen-bond acceptors (Lipinski definition) is 3. The fraction of sp³-hybridized carbons (Fsp3) is 0.211. The highest BCUT2D eigenvalue weighted by atomic mass is 16.5. The van der Waals surface area contributed by atoms with Crippen molar-refractivity contribution in [3.05, 3.63) is 65.2 Å². The first-order chi connectivity index (χ1) is 10.9. The maximum Gasteiger partial charge on any atom is 0.257 e. The SMILES string of the molecule is C=C1C(=O)N(c2ccc(C)cc2OC)[C@H]1c1ccc(C)c(O)c1. The molecule has 2 aromatic rings. The number of β-lactam (4-membered cyclic amide) rings is 1. The Bertz CT molecular complexity index is 810. The number of aromatic hydroxyl groups is 1. The molecule has 0 unspecified atom stereocenters. The molecule has 4 nitrogen and oxygen atoms in total. The fourth-order valence-corrected chi connectivity index (χ4v) is 2.86. The minimum Gasteiger partial charge on any atom is -0.508 e. The van der Waals surface area contributed by atoms with Crippen molar-refractivity contribution >= 4 is 11.6 Å². The lowest BCUT2D eigenvalue weighted by molar-refractivity contribution is -0.119. The molecule has 0 saturated carbocycles. The summed E-state index contributed by atoms with van der Waals surface area (Å²) in [7, 11) is 1.59. The molecule has 1 atom stereocenters. The van der Waals surface area contributed by atoms with E-state index in [1.165, 1.54) is 0 Å². The van der Waals surface area contributed by atoms with Gasteiger partial charge < -0.3 is 9.84 Å². The van der Waals surface area contributed by atoms with Gasteiger partial charge in [0.25, 0.3) is 5.91 Å². The van der Waals surface area contributed by atoms with Gasteiger partial charge in [0.15, 0.2) is 0 Å². The molecule has 1 saturated heterocycles. The number of carbonyl (C=O) groups excluding carboxylic acids is 1. The van der Waals surface area contributed by atoms with Crippen molar-refractivity contribution in [2.24, 2.45) is 0 Å². The number of phenolic OH excluding ortho intramolecular Hbond substituents is 1. The third kappa shape index (κ3) is 2.36. The number of ether oxygens (including phenoxy) is 1. The van der Waals surface area contributed by atoms with Crippen molar-refractivity contribution in [1.29, 1.82) is 0 Å². The van der Waals surface area contributed by atoms with Gasteiger partial charge in [-0.05, 0) is 48.7 Å². The van der Waals surface area contributed by atoms with Gasteiger partial charge in [-0.2, -0.15) is 0 Å². The molecule has 0 bridgehead atoms. The molecule has 1 N–H and O–H groups in total. The molecule has 3 rings (SSSR count). The zero-order valence-corrected chi connectivity index (χ0v) is 13.5. The molecule has 1 aliphatic heterocycles. The van der Waals surface area contributed by atoms with Gasteiger partial charge in [-0.1, -0.05) is 24.8 Å². The average Bonchev–Trinajstić information content (AvgIpc) is 2.55. The van der Waals surface area contributed by atoms with Crippen LogP contribution in [0.1, 0.15) is 22.7 Å². The first kappa shape index (κ1) is 15.2. The van der Waals surface area contributed by atoms with Crippen molar-refractivity contribution in [2.45, 2.75) is 19.9 Å². The predicted molar refractivity (Wildman–Crippen MR) is 89.9 cm³/mol. The Morgan fingerprint density at radius 1 is 1.17 bits per heavy atom. The number of carbonyl (C=O) groups is 1. The Morgan fingerprint density at radius 3 is 2.57 bits per heavy atom. The van der Waals surface area contributed by atoms with E-state index in [0.29, 0.717) is 17.0 Å². The number of aryl methyl sites for hydroxylation is 2. The van der Waals surface area contributed by atoms with Crippen LogP contribution < -0.4 is 9.64 Å². The highest BCUT2D eigenvalue weighted by Crippen LogP contribution is 2.46. The minimum atomic E-state index is -0.286. The van der Waals surface area contributed by atoms with Gasteiger partial charge >= 0.3 is 0 Å². The second-order valence-electron chi connectivity index (χ2n) is 5.82. The van der Waals surface area contributed by atoms with E-state index in [1.807, 2.05) is 44.2 Å². The largest absolute Gasteiger partial charge is 0.508 e. The van der Waals surface area contributed by atoms with Gasteiger partial charge in [-0.25, -0.2) is 0 Å². The third-order valence-corrected chi connectivity index (χ3v) is 4.23. The second kappa shape index (κ2) is 5.47. The zero-order chi connectivity index (χ0) is 16.7. The van der Waals surface area contributed by atoms with Crippen LogP contribution in [0.5, 0.6) is 11.5 Å². The maximum atomic E-state index is 12.4. The van der Waals surface area contributed by atoms with Crippen LogP contribution in [0.3, 0.4) is 0 Å². The van der Waals surface area contributed by atoms with E-state index in [1.54, 1.807) is 18.1 Å². The molecular weight excluding hydrogens is 290 g/mol. The normalized spacial score (nSPS) is 17.2. The molecule has 1 amide bonds.